The maximum Gasteiger partial charge on any atom is 0.222 e. The molecule has 24 heavy (non-hydrogen) atoms. The van der Waals surface area contributed by atoms with Gasteiger partial charge >= 0.3 is 0 Å². The number of aromatic nitrogens is 1. The molecule has 3 heterocycles. The van der Waals surface area contributed by atoms with Gasteiger partial charge in [-0.15, -0.1) is 0 Å². The van der Waals surface area contributed by atoms with E-state index in [2.05, 4.69) is 15.0 Å². The molecule has 0 spiro atoms. The minimum Gasteiger partial charge on any atom is -0.361 e. The fourth-order valence-corrected chi connectivity index (χ4v) is 4.78. The summed E-state index contributed by atoms with van der Waals surface area (Å²) in [5.41, 5.74) is 2.03. The van der Waals surface area contributed by atoms with Crippen molar-refractivity contribution in [2.24, 2.45) is 5.92 Å². The largest absolute Gasteiger partial charge is 0.361 e. The first-order valence-corrected chi connectivity index (χ1v) is 9.58. The molecule has 5 nitrogen and oxygen atoms in total. The average Bonchev–Trinajstić information content (AvgIpc) is 3.39. The van der Waals surface area contributed by atoms with Crippen LogP contribution < -0.4 is 0 Å². The van der Waals surface area contributed by atoms with Crippen LogP contribution in [0.15, 0.2) is 4.52 Å². The van der Waals surface area contributed by atoms with E-state index in [0.29, 0.717) is 18.2 Å². The number of piperidine rings is 2. The van der Waals surface area contributed by atoms with E-state index in [9.17, 15) is 4.79 Å². The lowest BCUT2D eigenvalue weighted by Gasteiger charge is -2.47. The molecule has 2 atom stereocenters. The highest BCUT2D eigenvalue weighted by molar-refractivity contribution is 5.76. The maximum atomic E-state index is 12.7. The number of carbonyl (C=O) groups is 1. The normalized spacial score (nSPS) is 28.0. The fourth-order valence-electron chi connectivity index (χ4n) is 4.78. The summed E-state index contributed by atoms with van der Waals surface area (Å²) in [5.74, 6) is 1.85. The first-order valence-electron chi connectivity index (χ1n) is 9.58. The Morgan fingerprint density at radius 1 is 1.21 bits per heavy atom. The van der Waals surface area contributed by atoms with Crippen molar-refractivity contribution in [2.45, 2.75) is 70.9 Å². The Labute approximate surface area is 144 Å². The second-order valence-corrected chi connectivity index (χ2v) is 7.87. The lowest BCUT2D eigenvalue weighted by atomic mass is 9.83. The highest BCUT2D eigenvalue weighted by Crippen LogP contribution is 2.38. The van der Waals surface area contributed by atoms with Crippen LogP contribution in [0.1, 0.15) is 55.5 Å². The third kappa shape index (κ3) is 3.10. The van der Waals surface area contributed by atoms with Gasteiger partial charge in [0.2, 0.25) is 5.91 Å². The Morgan fingerprint density at radius 3 is 2.75 bits per heavy atom. The van der Waals surface area contributed by atoms with Crippen LogP contribution in [0.2, 0.25) is 0 Å². The highest BCUT2D eigenvalue weighted by Gasteiger charge is 2.42. The first-order chi connectivity index (χ1) is 11.6. The van der Waals surface area contributed by atoms with Crippen molar-refractivity contribution < 1.29 is 9.32 Å². The van der Waals surface area contributed by atoms with E-state index in [-0.39, 0.29) is 0 Å². The molecule has 1 aliphatic carbocycles. The third-order valence-corrected chi connectivity index (χ3v) is 6.25. The first kappa shape index (κ1) is 16.1. The molecule has 2 aliphatic heterocycles. The minimum absolute atomic E-state index is 0.303. The Bertz CT molecular complexity index is 588. The number of rotatable bonds is 4. The lowest BCUT2D eigenvalue weighted by molar-refractivity contribution is -0.135. The Hall–Kier alpha value is -1.36. The van der Waals surface area contributed by atoms with E-state index >= 15 is 0 Å². The van der Waals surface area contributed by atoms with E-state index in [1.807, 2.05) is 13.8 Å². The number of carbonyl (C=O) groups excluding carboxylic acids is 1. The highest BCUT2D eigenvalue weighted by atomic mass is 16.5. The standard InChI is InChI=1S/C19H29N3O2/c1-13-17(14(2)24-20-13)7-8-19(23)21-11-9-18-15(12-21)4-3-10-22(18)16-5-6-16/h15-16,18H,3-12H2,1-2H3/t15-,18-/m1/s1. The molecule has 0 N–H and O–H groups in total. The predicted octanol–water partition coefficient (Wildman–Crippen LogP) is 2.70. The summed E-state index contributed by atoms with van der Waals surface area (Å²) in [6, 6.07) is 1.59. The molecule has 132 valence electrons. The summed E-state index contributed by atoms with van der Waals surface area (Å²) in [5, 5.41) is 3.99. The van der Waals surface area contributed by atoms with Gasteiger partial charge in [0.15, 0.2) is 0 Å². The van der Waals surface area contributed by atoms with Crippen molar-refractivity contribution >= 4 is 5.91 Å². The molecule has 3 aliphatic rings. The molecule has 0 radical (unpaired) electrons. The molecular formula is C19H29N3O2. The van der Waals surface area contributed by atoms with Gasteiger partial charge in [-0.1, -0.05) is 5.16 Å². The van der Waals surface area contributed by atoms with Crippen molar-refractivity contribution in [3.05, 3.63) is 17.0 Å². The second kappa shape index (κ2) is 6.51. The van der Waals surface area contributed by atoms with Crippen molar-refractivity contribution in [3.63, 3.8) is 0 Å². The van der Waals surface area contributed by atoms with Gasteiger partial charge < -0.3 is 9.42 Å². The van der Waals surface area contributed by atoms with Gasteiger partial charge in [-0.25, -0.2) is 0 Å². The van der Waals surface area contributed by atoms with Crippen LogP contribution in [0.3, 0.4) is 0 Å². The van der Waals surface area contributed by atoms with Gasteiger partial charge in [-0.2, -0.15) is 0 Å². The van der Waals surface area contributed by atoms with Crippen LogP contribution in [-0.4, -0.2) is 52.6 Å². The van der Waals surface area contributed by atoms with E-state index in [4.69, 9.17) is 4.52 Å². The Balaban J connectivity index is 1.33. The van der Waals surface area contributed by atoms with E-state index in [1.165, 1.54) is 32.2 Å². The zero-order valence-electron chi connectivity index (χ0n) is 15.0. The average molecular weight is 331 g/mol. The van der Waals surface area contributed by atoms with Crippen molar-refractivity contribution in [2.75, 3.05) is 19.6 Å². The number of likely N-dealkylation sites (tertiary alicyclic amines) is 2. The zero-order valence-corrected chi connectivity index (χ0v) is 15.0. The van der Waals surface area contributed by atoms with Crippen molar-refractivity contribution in [3.8, 4) is 0 Å². The SMILES string of the molecule is Cc1noc(C)c1CCC(=O)N1CC[C@@H]2[C@H](CCCN2C2CC2)C1. The molecule has 1 amide bonds. The Kier molecular flexibility index (Phi) is 4.37. The van der Waals surface area contributed by atoms with Gasteiger partial charge in [0, 0.05) is 37.2 Å². The smallest absolute Gasteiger partial charge is 0.222 e. The predicted molar refractivity (Wildman–Crippen MR) is 91.7 cm³/mol. The lowest BCUT2D eigenvalue weighted by Crippen LogP contribution is -2.55. The monoisotopic (exact) mass is 331 g/mol. The van der Waals surface area contributed by atoms with Crippen LogP contribution in [0.5, 0.6) is 0 Å². The van der Waals surface area contributed by atoms with Gasteiger partial charge in [-0.3, -0.25) is 9.69 Å². The van der Waals surface area contributed by atoms with Crippen molar-refractivity contribution in [1.82, 2.24) is 15.0 Å². The van der Waals surface area contributed by atoms with Crippen LogP contribution in [0, 0.1) is 19.8 Å². The van der Waals surface area contributed by atoms with E-state index in [0.717, 1.165) is 55.0 Å². The number of hydrogen-bond acceptors (Lipinski definition) is 4. The molecule has 2 saturated heterocycles. The topological polar surface area (TPSA) is 49.6 Å². The maximum absolute atomic E-state index is 12.7. The molecular weight excluding hydrogens is 302 g/mol. The molecule has 3 fully saturated rings. The number of hydrogen-bond donors (Lipinski definition) is 0. The summed E-state index contributed by atoms with van der Waals surface area (Å²) in [6.07, 6.45) is 7.87. The van der Waals surface area contributed by atoms with Crippen LogP contribution >= 0.6 is 0 Å². The fraction of sp³-hybridized carbons (Fsp3) is 0.789. The zero-order chi connectivity index (χ0) is 16.7. The van der Waals surface area contributed by atoms with E-state index in [1.54, 1.807) is 0 Å². The van der Waals surface area contributed by atoms with Gasteiger partial charge in [-0.05, 0) is 64.8 Å². The summed E-state index contributed by atoms with van der Waals surface area (Å²) in [4.78, 5) is 17.6. The quantitative estimate of drug-likeness (QED) is 0.851. The summed E-state index contributed by atoms with van der Waals surface area (Å²) in [6.45, 7) is 7.07. The van der Waals surface area contributed by atoms with Crippen LogP contribution in [0.25, 0.3) is 0 Å². The van der Waals surface area contributed by atoms with Gasteiger partial charge in [0.1, 0.15) is 5.76 Å². The van der Waals surface area contributed by atoms with Crippen LogP contribution in [0.4, 0.5) is 0 Å². The molecule has 0 unspecified atom stereocenters. The Morgan fingerprint density at radius 2 is 2.04 bits per heavy atom. The molecule has 0 bridgehead atoms. The number of nitrogens with zero attached hydrogens (tertiary/aromatic N) is 3. The molecule has 0 aromatic carbocycles. The number of fused-ring (bicyclic) bond motifs is 1. The number of aryl methyl sites for hydroxylation is 2. The summed E-state index contributed by atoms with van der Waals surface area (Å²) >= 11 is 0. The van der Waals surface area contributed by atoms with Gasteiger partial charge in [0.05, 0.1) is 5.69 Å². The van der Waals surface area contributed by atoms with Crippen LogP contribution in [-0.2, 0) is 11.2 Å². The minimum atomic E-state index is 0.303. The van der Waals surface area contributed by atoms with E-state index < -0.39 is 0 Å². The second-order valence-electron chi connectivity index (χ2n) is 7.87. The molecule has 1 aromatic rings. The molecule has 5 heteroatoms. The summed E-state index contributed by atoms with van der Waals surface area (Å²) in [7, 11) is 0. The van der Waals surface area contributed by atoms with Gasteiger partial charge in [0.25, 0.3) is 0 Å². The molecule has 1 aromatic heterocycles. The summed E-state index contributed by atoms with van der Waals surface area (Å²) < 4.78 is 5.20. The third-order valence-electron chi connectivity index (χ3n) is 6.25. The number of amides is 1. The van der Waals surface area contributed by atoms with Crippen molar-refractivity contribution in [1.29, 1.82) is 0 Å². The molecule has 1 saturated carbocycles. The molecule has 4 rings (SSSR count).